The number of nitrogens with zero attached hydrogens (tertiary/aromatic N) is 2. The molecule has 2 rings (SSSR count). The summed E-state index contributed by atoms with van der Waals surface area (Å²) in [4.78, 5) is 18.4. The second-order valence-corrected chi connectivity index (χ2v) is 3.99. The molecule has 16 heavy (non-hydrogen) atoms. The Morgan fingerprint density at radius 3 is 2.81 bits per heavy atom. The number of aromatic nitrogens is 2. The molecule has 0 radical (unpaired) electrons. The van der Waals surface area contributed by atoms with Gasteiger partial charge in [-0.25, -0.2) is 23.5 Å². The lowest BCUT2D eigenvalue weighted by atomic mass is 10.2. The summed E-state index contributed by atoms with van der Waals surface area (Å²) >= 11 is 0. The van der Waals surface area contributed by atoms with E-state index in [-0.39, 0.29) is 24.4 Å². The maximum Gasteiger partial charge on any atom is 0.354 e. The number of carboxylic acids is 1. The number of halogens is 2. The summed E-state index contributed by atoms with van der Waals surface area (Å²) in [6.45, 7) is 1.57. The third-order valence-electron chi connectivity index (χ3n) is 2.61. The van der Waals surface area contributed by atoms with Gasteiger partial charge in [0.1, 0.15) is 5.82 Å². The Labute approximate surface area is 90.3 Å². The van der Waals surface area contributed by atoms with E-state index in [9.17, 15) is 13.6 Å². The molecular weight excluding hydrogens is 218 g/mol. The molecule has 1 aliphatic rings. The van der Waals surface area contributed by atoms with Gasteiger partial charge in [0.25, 0.3) is 5.92 Å². The second kappa shape index (κ2) is 3.47. The average Bonchev–Trinajstić information content (AvgIpc) is 2.76. The summed E-state index contributed by atoms with van der Waals surface area (Å²) in [5.41, 5.74) is 0.313. The molecule has 0 bridgehead atoms. The third-order valence-corrected chi connectivity index (χ3v) is 2.61. The quantitative estimate of drug-likeness (QED) is 0.854. The van der Waals surface area contributed by atoms with Gasteiger partial charge in [0.05, 0.1) is 0 Å². The highest BCUT2D eigenvalue weighted by Gasteiger charge is 2.56. The lowest BCUT2D eigenvalue weighted by molar-refractivity contribution is 0.0689. The molecule has 1 N–H and O–H groups in total. The Hall–Kier alpha value is -1.59. The lowest BCUT2D eigenvalue weighted by Gasteiger charge is -2.03. The summed E-state index contributed by atoms with van der Waals surface area (Å²) in [6.07, 6.45) is 1.23. The maximum absolute atomic E-state index is 12.6. The predicted molar refractivity (Wildman–Crippen MR) is 50.5 cm³/mol. The van der Waals surface area contributed by atoms with Gasteiger partial charge in [0.2, 0.25) is 0 Å². The molecule has 0 saturated heterocycles. The van der Waals surface area contributed by atoms with Crippen LogP contribution in [-0.2, 0) is 6.42 Å². The number of carbonyl (C=O) groups is 1. The minimum atomic E-state index is -2.63. The number of aryl methyl sites for hydroxylation is 1. The Morgan fingerprint density at radius 2 is 2.31 bits per heavy atom. The molecule has 1 heterocycles. The molecular formula is C10H10F2N2O2. The van der Waals surface area contributed by atoms with Crippen LogP contribution in [0.15, 0.2) is 6.20 Å². The second-order valence-electron chi connectivity index (χ2n) is 3.99. The molecule has 6 heteroatoms. The van der Waals surface area contributed by atoms with Crippen LogP contribution in [0, 0.1) is 12.8 Å². The van der Waals surface area contributed by atoms with Crippen molar-refractivity contribution in [3.05, 3.63) is 23.3 Å². The van der Waals surface area contributed by atoms with Crippen molar-refractivity contribution >= 4 is 5.97 Å². The van der Waals surface area contributed by atoms with E-state index < -0.39 is 17.8 Å². The first-order valence-electron chi connectivity index (χ1n) is 4.84. The van der Waals surface area contributed by atoms with Gasteiger partial charge in [-0.05, 0) is 6.92 Å². The van der Waals surface area contributed by atoms with Gasteiger partial charge in [0, 0.05) is 30.5 Å². The van der Waals surface area contributed by atoms with E-state index in [1.54, 1.807) is 6.92 Å². The zero-order chi connectivity index (χ0) is 11.9. The summed E-state index contributed by atoms with van der Waals surface area (Å²) in [5, 5.41) is 8.80. The maximum atomic E-state index is 12.6. The lowest BCUT2D eigenvalue weighted by Crippen LogP contribution is -2.09. The van der Waals surface area contributed by atoms with Gasteiger partial charge in [-0.15, -0.1) is 0 Å². The molecule has 1 saturated carbocycles. The molecule has 1 atom stereocenters. The first-order valence-corrected chi connectivity index (χ1v) is 4.84. The van der Waals surface area contributed by atoms with Crippen molar-refractivity contribution < 1.29 is 18.7 Å². The SMILES string of the molecule is Cc1cnc(CC2CC2(F)F)nc1C(=O)O. The van der Waals surface area contributed by atoms with E-state index >= 15 is 0 Å². The fraction of sp³-hybridized carbons (Fsp3) is 0.500. The van der Waals surface area contributed by atoms with Gasteiger partial charge in [0.15, 0.2) is 5.69 Å². The van der Waals surface area contributed by atoms with E-state index in [4.69, 9.17) is 5.11 Å². The van der Waals surface area contributed by atoms with Crippen LogP contribution in [0.3, 0.4) is 0 Å². The first kappa shape index (κ1) is 10.9. The van der Waals surface area contributed by atoms with Crippen LogP contribution >= 0.6 is 0 Å². The normalized spacial score (nSPS) is 21.8. The molecule has 86 valence electrons. The van der Waals surface area contributed by atoms with Crippen LogP contribution < -0.4 is 0 Å². The Morgan fingerprint density at radius 1 is 1.69 bits per heavy atom. The largest absolute Gasteiger partial charge is 0.477 e. The van der Waals surface area contributed by atoms with E-state index in [0.717, 1.165) is 0 Å². The molecule has 1 unspecified atom stereocenters. The fourth-order valence-electron chi connectivity index (χ4n) is 1.50. The van der Waals surface area contributed by atoms with Gasteiger partial charge < -0.3 is 5.11 Å². The van der Waals surface area contributed by atoms with Crippen molar-refractivity contribution in [3.8, 4) is 0 Å². The molecule has 1 fully saturated rings. The van der Waals surface area contributed by atoms with Crippen molar-refractivity contribution in [2.45, 2.75) is 25.7 Å². The minimum absolute atomic E-state index is 0.0353. The van der Waals surface area contributed by atoms with E-state index in [1.807, 2.05) is 0 Å². The third kappa shape index (κ3) is 2.00. The van der Waals surface area contributed by atoms with Crippen molar-refractivity contribution in [3.63, 3.8) is 0 Å². The van der Waals surface area contributed by atoms with Crippen LogP contribution in [0.2, 0.25) is 0 Å². The van der Waals surface area contributed by atoms with E-state index in [0.29, 0.717) is 5.56 Å². The molecule has 1 aliphatic carbocycles. The Balaban J connectivity index is 2.17. The molecule has 0 aromatic carbocycles. The van der Waals surface area contributed by atoms with Crippen LogP contribution in [0.1, 0.15) is 28.3 Å². The molecule has 0 amide bonds. The van der Waals surface area contributed by atoms with E-state index in [2.05, 4.69) is 9.97 Å². The van der Waals surface area contributed by atoms with Crippen LogP contribution in [-0.4, -0.2) is 27.0 Å². The Bertz CT molecular complexity index is 448. The van der Waals surface area contributed by atoms with Crippen LogP contribution in [0.25, 0.3) is 0 Å². The first-order chi connectivity index (χ1) is 7.40. The molecule has 0 aliphatic heterocycles. The zero-order valence-electron chi connectivity index (χ0n) is 8.57. The highest BCUT2D eigenvalue weighted by Crippen LogP contribution is 2.49. The fourth-order valence-corrected chi connectivity index (χ4v) is 1.50. The minimum Gasteiger partial charge on any atom is -0.477 e. The van der Waals surface area contributed by atoms with Gasteiger partial charge in [-0.3, -0.25) is 0 Å². The highest BCUT2D eigenvalue weighted by atomic mass is 19.3. The standard InChI is InChI=1S/C10H10F2N2O2/c1-5-4-13-7(14-8(5)9(15)16)2-6-3-10(6,11)12/h4,6H,2-3H2,1H3,(H,15,16). The Kier molecular flexibility index (Phi) is 2.36. The van der Waals surface area contributed by atoms with Crippen molar-refractivity contribution in [2.24, 2.45) is 5.92 Å². The molecule has 4 nitrogen and oxygen atoms in total. The van der Waals surface area contributed by atoms with Gasteiger partial charge in [-0.1, -0.05) is 0 Å². The predicted octanol–water partition coefficient (Wildman–Crippen LogP) is 1.68. The summed E-state index contributed by atoms with van der Waals surface area (Å²) in [6, 6.07) is 0. The number of carboxylic acid groups (broad SMARTS) is 1. The molecule has 1 aromatic heterocycles. The summed E-state index contributed by atoms with van der Waals surface area (Å²) in [7, 11) is 0. The number of aromatic carboxylic acids is 1. The van der Waals surface area contributed by atoms with E-state index in [1.165, 1.54) is 6.20 Å². The number of hydrogen-bond donors (Lipinski definition) is 1. The van der Waals surface area contributed by atoms with Crippen LogP contribution in [0.5, 0.6) is 0 Å². The van der Waals surface area contributed by atoms with Crippen molar-refractivity contribution in [1.82, 2.24) is 9.97 Å². The number of alkyl halides is 2. The topological polar surface area (TPSA) is 63.1 Å². The average molecular weight is 228 g/mol. The highest BCUT2D eigenvalue weighted by molar-refractivity contribution is 5.86. The van der Waals surface area contributed by atoms with Crippen molar-refractivity contribution in [1.29, 1.82) is 0 Å². The molecule has 1 aromatic rings. The summed E-state index contributed by atoms with van der Waals surface area (Å²) in [5.74, 6) is -4.36. The number of hydrogen-bond acceptors (Lipinski definition) is 3. The molecule has 0 spiro atoms. The smallest absolute Gasteiger partial charge is 0.354 e. The van der Waals surface area contributed by atoms with Crippen molar-refractivity contribution in [2.75, 3.05) is 0 Å². The van der Waals surface area contributed by atoms with Gasteiger partial charge in [-0.2, -0.15) is 0 Å². The number of rotatable bonds is 3. The zero-order valence-corrected chi connectivity index (χ0v) is 8.57. The monoisotopic (exact) mass is 228 g/mol. The summed E-state index contributed by atoms with van der Waals surface area (Å²) < 4.78 is 25.3. The van der Waals surface area contributed by atoms with Gasteiger partial charge >= 0.3 is 5.97 Å². The van der Waals surface area contributed by atoms with Crippen LogP contribution in [0.4, 0.5) is 8.78 Å².